The molecule has 0 atom stereocenters. The van der Waals surface area contributed by atoms with Crippen molar-refractivity contribution in [2.24, 2.45) is 7.05 Å². The molecule has 0 radical (unpaired) electrons. The van der Waals surface area contributed by atoms with E-state index in [1.165, 1.54) is 6.08 Å². The van der Waals surface area contributed by atoms with Gasteiger partial charge in [-0.05, 0) is 12.1 Å². The lowest BCUT2D eigenvalue weighted by Gasteiger charge is -1.97. The Kier molecular flexibility index (Phi) is 2.25. The normalized spacial score (nSPS) is 11.3. The van der Waals surface area contributed by atoms with E-state index in [0.717, 1.165) is 22.8 Å². The molecule has 1 heterocycles. The monoisotopic (exact) mass is 202 g/mol. The predicted octanol–water partition coefficient (Wildman–Crippen LogP) is 2.43. The summed E-state index contributed by atoms with van der Waals surface area (Å²) in [6.07, 6.45) is 2.45. The summed E-state index contributed by atoms with van der Waals surface area (Å²) in [5.41, 5.74) is 1.90. The molecule has 0 spiro atoms. The highest BCUT2D eigenvalue weighted by Gasteiger charge is 2.02. The standard InChI is InChI=1S/C11H10N2O2/c1-12-10(6-7-13(14)15)8-9-4-2-3-5-11(9)12/h2-8H,1H3/b7-6-. The van der Waals surface area contributed by atoms with Gasteiger partial charge in [0, 0.05) is 29.7 Å². The van der Waals surface area contributed by atoms with Gasteiger partial charge >= 0.3 is 0 Å². The van der Waals surface area contributed by atoms with Crippen LogP contribution in [0.25, 0.3) is 17.0 Å². The number of fused-ring (bicyclic) bond motifs is 1. The first kappa shape index (κ1) is 9.45. The average Bonchev–Trinajstić information content (AvgIpc) is 2.54. The Morgan fingerprint density at radius 1 is 1.40 bits per heavy atom. The van der Waals surface area contributed by atoms with Gasteiger partial charge in [0.2, 0.25) is 6.20 Å². The minimum absolute atomic E-state index is 0.461. The molecule has 1 aromatic heterocycles. The average molecular weight is 202 g/mol. The molecular formula is C11H10N2O2. The number of benzene rings is 1. The first-order valence-electron chi connectivity index (χ1n) is 4.54. The Morgan fingerprint density at radius 2 is 2.13 bits per heavy atom. The van der Waals surface area contributed by atoms with Crippen molar-refractivity contribution in [3.8, 4) is 0 Å². The lowest BCUT2D eigenvalue weighted by molar-refractivity contribution is -0.401. The van der Waals surface area contributed by atoms with Gasteiger partial charge in [0.1, 0.15) is 0 Å². The molecular weight excluding hydrogens is 192 g/mol. The Hall–Kier alpha value is -2.10. The van der Waals surface area contributed by atoms with E-state index in [-0.39, 0.29) is 0 Å². The molecule has 0 N–H and O–H groups in total. The smallest absolute Gasteiger partial charge is 0.236 e. The fourth-order valence-electron chi connectivity index (χ4n) is 1.61. The first-order chi connectivity index (χ1) is 7.18. The predicted molar refractivity (Wildman–Crippen MR) is 58.9 cm³/mol. The summed E-state index contributed by atoms with van der Waals surface area (Å²) in [4.78, 5) is 9.75. The van der Waals surface area contributed by atoms with Crippen molar-refractivity contribution >= 4 is 17.0 Å². The molecule has 0 saturated heterocycles. The van der Waals surface area contributed by atoms with Crippen molar-refractivity contribution in [3.05, 3.63) is 52.3 Å². The van der Waals surface area contributed by atoms with Crippen molar-refractivity contribution in [2.45, 2.75) is 0 Å². The quantitative estimate of drug-likeness (QED) is 0.554. The van der Waals surface area contributed by atoms with Crippen LogP contribution in [0.1, 0.15) is 5.69 Å². The maximum absolute atomic E-state index is 10.2. The number of nitrogens with zero attached hydrogens (tertiary/aromatic N) is 2. The topological polar surface area (TPSA) is 48.1 Å². The molecule has 0 bridgehead atoms. The lowest BCUT2D eigenvalue weighted by Crippen LogP contribution is -1.90. The molecule has 1 aromatic carbocycles. The maximum atomic E-state index is 10.2. The van der Waals surface area contributed by atoms with E-state index >= 15 is 0 Å². The van der Waals surface area contributed by atoms with Gasteiger partial charge < -0.3 is 4.57 Å². The molecule has 4 nitrogen and oxygen atoms in total. The molecule has 76 valence electrons. The Labute approximate surface area is 86.6 Å². The SMILES string of the molecule is Cn1c(/C=C\[N+](=O)[O-])cc2ccccc21. The van der Waals surface area contributed by atoms with Crippen LogP contribution in [0, 0.1) is 10.1 Å². The van der Waals surface area contributed by atoms with Crippen molar-refractivity contribution in [1.82, 2.24) is 4.57 Å². The number of para-hydroxylation sites is 1. The third-order valence-corrected chi connectivity index (χ3v) is 2.36. The highest BCUT2D eigenvalue weighted by Crippen LogP contribution is 2.18. The zero-order valence-electron chi connectivity index (χ0n) is 8.25. The number of aryl methyl sites for hydroxylation is 1. The lowest BCUT2D eigenvalue weighted by atomic mass is 10.2. The largest absolute Gasteiger partial charge is 0.344 e. The van der Waals surface area contributed by atoms with Crippen LogP contribution >= 0.6 is 0 Å². The van der Waals surface area contributed by atoms with E-state index in [0.29, 0.717) is 0 Å². The number of hydrogen-bond acceptors (Lipinski definition) is 2. The molecule has 4 heteroatoms. The van der Waals surface area contributed by atoms with Crippen LogP contribution in [0.15, 0.2) is 36.5 Å². The van der Waals surface area contributed by atoms with Gasteiger partial charge in [-0.3, -0.25) is 10.1 Å². The van der Waals surface area contributed by atoms with Crippen molar-refractivity contribution in [1.29, 1.82) is 0 Å². The molecule has 15 heavy (non-hydrogen) atoms. The molecule has 2 rings (SSSR count). The van der Waals surface area contributed by atoms with Crippen molar-refractivity contribution in [2.75, 3.05) is 0 Å². The summed E-state index contributed by atoms with van der Waals surface area (Å²) in [7, 11) is 1.89. The van der Waals surface area contributed by atoms with Gasteiger partial charge in [0.25, 0.3) is 0 Å². The highest BCUT2D eigenvalue weighted by atomic mass is 16.6. The number of rotatable bonds is 2. The van der Waals surface area contributed by atoms with Gasteiger partial charge in [-0.2, -0.15) is 0 Å². The third kappa shape index (κ3) is 1.74. The fraction of sp³-hybridized carbons (Fsp3) is 0.0909. The molecule has 0 aliphatic carbocycles. The highest BCUT2D eigenvalue weighted by molar-refractivity contribution is 5.83. The summed E-state index contributed by atoms with van der Waals surface area (Å²) < 4.78 is 1.93. The zero-order chi connectivity index (χ0) is 10.8. The van der Waals surface area contributed by atoms with E-state index in [2.05, 4.69) is 0 Å². The van der Waals surface area contributed by atoms with Crippen LogP contribution in [0.5, 0.6) is 0 Å². The molecule has 0 aliphatic heterocycles. The minimum atomic E-state index is -0.461. The summed E-state index contributed by atoms with van der Waals surface area (Å²) in [6.45, 7) is 0. The van der Waals surface area contributed by atoms with Crippen molar-refractivity contribution < 1.29 is 4.92 Å². The Morgan fingerprint density at radius 3 is 2.80 bits per heavy atom. The maximum Gasteiger partial charge on any atom is 0.236 e. The molecule has 0 unspecified atom stereocenters. The van der Waals surface area contributed by atoms with Gasteiger partial charge in [-0.25, -0.2) is 0 Å². The summed E-state index contributed by atoms with van der Waals surface area (Å²) in [5, 5.41) is 11.3. The van der Waals surface area contributed by atoms with E-state index in [4.69, 9.17) is 0 Å². The van der Waals surface area contributed by atoms with Crippen LogP contribution in [-0.2, 0) is 7.05 Å². The Balaban J connectivity index is 2.53. The van der Waals surface area contributed by atoms with E-state index in [1.807, 2.05) is 41.9 Å². The van der Waals surface area contributed by atoms with Gasteiger partial charge in [-0.1, -0.05) is 18.2 Å². The van der Waals surface area contributed by atoms with Crippen LogP contribution < -0.4 is 0 Å². The van der Waals surface area contributed by atoms with Crippen LogP contribution in [0.3, 0.4) is 0 Å². The summed E-state index contributed by atoms with van der Waals surface area (Å²) in [6, 6.07) is 9.79. The molecule has 0 aliphatic rings. The number of aromatic nitrogens is 1. The fourth-order valence-corrected chi connectivity index (χ4v) is 1.61. The van der Waals surface area contributed by atoms with E-state index < -0.39 is 4.92 Å². The molecule has 0 saturated carbocycles. The second kappa shape index (κ2) is 3.57. The first-order valence-corrected chi connectivity index (χ1v) is 4.54. The minimum Gasteiger partial charge on any atom is -0.344 e. The van der Waals surface area contributed by atoms with Crippen LogP contribution in [-0.4, -0.2) is 9.49 Å². The van der Waals surface area contributed by atoms with Crippen LogP contribution in [0.4, 0.5) is 0 Å². The summed E-state index contributed by atoms with van der Waals surface area (Å²) >= 11 is 0. The van der Waals surface area contributed by atoms with Gasteiger partial charge in [0.15, 0.2) is 0 Å². The zero-order valence-corrected chi connectivity index (χ0v) is 8.25. The summed E-state index contributed by atoms with van der Waals surface area (Å²) in [5.74, 6) is 0. The second-order valence-electron chi connectivity index (χ2n) is 3.29. The van der Waals surface area contributed by atoms with Gasteiger partial charge in [-0.15, -0.1) is 0 Å². The molecule has 0 amide bonds. The van der Waals surface area contributed by atoms with Crippen LogP contribution in [0.2, 0.25) is 0 Å². The molecule has 0 fully saturated rings. The second-order valence-corrected chi connectivity index (χ2v) is 3.29. The van der Waals surface area contributed by atoms with E-state index in [9.17, 15) is 10.1 Å². The van der Waals surface area contributed by atoms with E-state index in [1.54, 1.807) is 0 Å². The van der Waals surface area contributed by atoms with Crippen molar-refractivity contribution in [3.63, 3.8) is 0 Å². The van der Waals surface area contributed by atoms with Gasteiger partial charge in [0.05, 0.1) is 4.92 Å². The number of hydrogen-bond donors (Lipinski definition) is 0. The third-order valence-electron chi connectivity index (χ3n) is 2.36. The Bertz CT molecular complexity index is 541. The molecule has 2 aromatic rings. The number of nitro groups is 1.